The second-order valence-electron chi connectivity index (χ2n) is 8.20. The van der Waals surface area contributed by atoms with Crippen molar-refractivity contribution in [1.82, 2.24) is 25.4 Å². The summed E-state index contributed by atoms with van der Waals surface area (Å²) in [4.78, 5) is 34.4. The molecule has 4 rings (SSSR count). The normalized spacial score (nSPS) is 11.5. The molecule has 2 aromatic heterocycles. The van der Waals surface area contributed by atoms with Gasteiger partial charge in [0.25, 0.3) is 11.8 Å². The van der Waals surface area contributed by atoms with E-state index >= 15 is 0 Å². The molecule has 2 heterocycles. The average Bonchev–Trinajstić information content (AvgIpc) is 3.23. The van der Waals surface area contributed by atoms with Crippen molar-refractivity contribution in [1.29, 1.82) is 5.26 Å². The lowest BCUT2D eigenvalue weighted by Crippen LogP contribution is -2.35. The van der Waals surface area contributed by atoms with Crippen LogP contribution >= 0.6 is 0 Å². The van der Waals surface area contributed by atoms with Crippen LogP contribution in [0.3, 0.4) is 0 Å². The first-order valence-corrected chi connectivity index (χ1v) is 11.2. The maximum atomic E-state index is 13.1. The highest BCUT2D eigenvalue weighted by Gasteiger charge is 2.21. The summed E-state index contributed by atoms with van der Waals surface area (Å²) in [6, 6.07) is 16.2. The summed E-state index contributed by atoms with van der Waals surface area (Å²) in [5.41, 5.74) is 6.85. The molecule has 10 heteroatoms. The van der Waals surface area contributed by atoms with Crippen molar-refractivity contribution in [2.45, 2.75) is 26.3 Å². The van der Waals surface area contributed by atoms with Crippen LogP contribution in [-0.4, -0.2) is 39.6 Å². The monoisotopic (exact) mass is 483 g/mol. The van der Waals surface area contributed by atoms with Crippen LogP contribution in [0.25, 0.3) is 5.52 Å². The van der Waals surface area contributed by atoms with Crippen molar-refractivity contribution in [3.63, 3.8) is 0 Å². The summed E-state index contributed by atoms with van der Waals surface area (Å²) in [7, 11) is 1.37. The molecular weight excluding hydrogens is 458 g/mol. The fourth-order valence-corrected chi connectivity index (χ4v) is 3.87. The first-order chi connectivity index (χ1) is 17.4. The van der Waals surface area contributed by atoms with Crippen molar-refractivity contribution >= 4 is 28.8 Å². The van der Waals surface area contributed by atoms with Gasteiger partial charge in [0, 0.05) is 23.9 Å². The molecule has 0 spiro atoms. The summed E-state index contributed by atoms with van der Waals surface area (Å²) in [5, 5.41) is 19.9. The van der Waals surface area contributed by atoms with Gasteiger partial charge in [0.1, 0.15) is 17.9 Å². The predicted octanol–water partition coefficient (Wildman–Crippen LogP) is 3.25. The van der Waals surface area contributed by atoms with E-state index in [9.17, 15) is 14.9 Å². The number of fused-ring (bicyclic) bond motifs is 1. The molecule has 0 bridgehead atoms. The van der Waals surface area contributed by atoms with Crippen molar-refractivity contribution in [2.75, 3.05) is 12.4 Å². The van der Waals surface area contributed by atoms with Crippen molar-refractivity contribution < 1.29 is 14.4 Å². The number of carbonyl (C=O) groups is 2. The molecule has 0 saturated carbocycles. The van der Waals surface area contributed by atoms with Crippen molar-refractivity contribution in [3.05, 3.63) is 88.9 Å². The van der Waals surface area contributed by atoms with Crippen LogP contribution in [0.2, 0.25) is 0 Å². The number of hydroxylamine groups is 1. The third kappa shape index (κ3) is 5.16. The fourth-order valence-electron chi connectivity index (χ4n) is 3.87. The zero-order valence-corrected chi connectivity index (χ0v) is 20.1. The van der Waals surface area contributed by atoms with Gasteiger partial charge in [-0.1, -0.05) is 36.4 Å². The maximum Gasteiger partial charge on any atom is 0.274 e. The van der Waals surface area contributed by atoms with E-state index in [1.54, 1.807) is 29.8 Å². The van der Waals surface area contributed by atoms with Crippen LogP contribution in [0.1, 0.15) is 37.4 Å². The van der Waals surface area contributed by atoms with Crippen LogP contribution in [-0.2, 0) is 11.3 Å². The first kappa shape index (κ1) is 24.4. The van der Waals surface area contributed by atoms with E-state index in [1.165, 1.54) is 13.4 Å². The van der Waals surface area contributed by atoms with E-state index in [2.05, 4.69) is 32.3 Å². The van der Waals surface area contributed by atoms with E-state index in [0.717, 1.165) is 11.1 Å². The van der Waals surface area contributed by atoms with Gasteiger partial charge in [-0.2, -0.15) is 10.4 Å². The van der Waals surface area contributed by atoms with Gasteiger partial charge in [0.2, 0.25) is 0 Å². The number of rotatable bonds is 8. The summed E-state index contributed by atoms with van der Waals surface area (Å²) in [6.07, 6.45) is 3.38. The molecule has 36 heavy (non-hydrogen) atoms. The van der Waals surface area contributed by atoms with Crippen LogP contribution < -0.4 is 16.1 Å². The second-order valence-corrected chi connectivity index (χ2v) is 8.20. The number of benzene rings is 2. The Kier molecular flexibility index (Phi) is 7.23. The molecule has 0 aliphatic carbocycles. The molecule has 1 atom stereocenters. The predicted molar refractivity (Wildman–Crippen MR) is 134 cm³/mol. The Morgan fingerprint density at radius 3 is 2.64 bits per heavy atom. The highest BCUT2D eigenvalue weighted by molar-refractivity contribution is 5.99. The lowest BCUT2D eigenvalue weighted by Gasteiger charge is -2.12. The Labute approximate surface area is 207 Å². The number of aromatic nitrogens is 3. The van der Waals surface area contributed by atoms with Gasteiger partial charge in [-0.3, -0.25) is 14.4 Å². The fraction of sp³-hybridized carbons (Fsp3) is 0.192. The van der Waals surface area contributed by atoms with E-state index < -0.39 is 6.04 Å². The summed E-state index contributed by atoms with van der Waals surface area (Å²) in [5.74, 6) is -0.287. The molecule has 2 aromatic carbocycles. The molecule has 2 amide bonds. The zero-order chi connectivity index (χ0) is 25.7. The molecule has 0 radical (unpaired) electrons. The number of anilines is 2. The van der Waals surface area contributed by atoms with Gasteiger partial charge >= 0.3 is 0 Å². The third-order valence-electron chi connectivity index (χ3n) is 5.76. The van der Waals surface area contributed by atoms with Crippen LogP contribution in [0, 0.1) is 25.2 Å². The van der Waals surface area contributed by atoms with Gasteiger partial charge in [-0.25, -0.2) is 15.0 Å². The first-order valence-electron chi connectivity index (χ1n) is 11.2. The summed E-state index contributed by atoms with van der Waals surface area (Å²) < 4.78 is 1.56. The van der Waals surface area contributed by atoms with Crippen LogP contribution in [0.15, 0.2) is 61.1 Å². The standard InChI is InChI=1S/C26H25N7O3/c1-16-9-10-19(25(34)32-36-3)12-22(16)31-24-23-17(2)21(14-33(23)29-15-28-24)26(35)30-20(13-27)11-18-7-5-4-6-8-18/h4-10,12,14-15,20H,11H2,1-3H3,(H,30,35)(H,32,34)(H,28,29,31)/t20-/m0/s1. The lowest BCUT2D eigenvalue weighted by molar-refractivity contribution is 0.0537. The van der Waals surface area contributed by atoms with E-state index in [-0.39, 0.29) is 11.8 Å². The molecule has 0 aliphatic heterocycles. The smallest absolute Gasteiger partial charge is 0.274 e. The molecule has 0 unspecified atom stereocenters. The summed E-state index contributed by atoms with van der Waals surface area (Å²) >= 11 is 0. The van der Waals surface area contributed by atoms with E-state index in [1.807, 2.05) is 43.3 Å². The molecule has 4 aromatic rings. The van der Waals surface area contributed by atoms with Gasteiger partial charge in [-0.15, -0.1) is 0 Å². The molecule has 10 nitrogen and oxygen atoms in total. The number of nitriles is 1. The SMILES string of the molecule is CONC(=O)c1ccc(C)c(Nc2ncnn3cc(C(=O)N[C@H](C#N)Cc4ccccc4)c(C)c23)c1. The Morgan fingerprint density at radius 2 is 1.92 bits per heavy atom. The number of hydrogen-bond acceptors (Lipinski definition) is 7. The Balaban J connectivity index is 1.61. The number of amides is 2. The zero-order valence-electron chi connectivity index (χ0n) is 20.1. The minimum absolute atomic E-state index is 0.374. The maximum absolute atomic E-state index is 13.1. The molecule has 3 N–H and O–H groups in total. The van der Waals surface area contributed by atoms with Crippen molar-refractivity contribution in [2.24, 2.45) is 0 Å². The minimum Gasteiger partial charge on any atom is -0.338 e. The quantitative estimate of drug-likeness (QED) is 0.328. The third-order valence-corrected chi connectivity index (χ3v) is 5.76. The van der Waals surface area contributed by atoms with Crippen LogP contribution in [0.5, 0.6) is 0 Å². The minimum atomic E-state index is -0.686. The highest BCUT2D eigenvalue weighted by atomic mass is 16.6. The Bertz CT molecular complexity index is 1460. The molecular formula is C26H25N7O3. The average molecular weight is 484 g/mol. The van der Waals surface area contributed by atoms with E-state index in [0.29, 0.717) is 40.1 Å². The van der Waals surface area contributed by atoms with Gasteiger partial charge in [-0.05, 0) is 42.7 Å². The number of hydrogen-bond donors (Lipinski definition) is 3. The highest BCUT2D eigenvalue weighted by Crippen LogP contribution is 2.27. The van der Waals surface area contributed by atoms with Gasteiger partial charge in [0.05, 0.1) is 18.7 Å². The van der Waals surface area contributed by atoms with Crippen LogP contribution in [0.4, 0.5) is 11.5 Å². The molecule has 0 aliphatic rings. The van der Waals surface area contributed by atoms with Crippen molar-refractivity contribution in [3.8, 4) is 6.07 Å². The van der Waals surface area contributed by atoms with Gasteiger partial charge < -0.3 is 10.6 Å². The molecule has 0 saturated heterocycles. The topological polar surface area (TPSA) is 133 Å². The number of nitrogens with zero attached hydrogens (tertiary/aromatic N) is 4. The summed E-state index contributed by atoms with van der Waals surface area (Å²) in [6.45, 7) is 3.70. The molecule has 0 fully saturated rings. The number of aryl methyl sites for hydroxylation is 2. The number of carbonyl (C=O) groups excluding carboxylic acids is 2. The lowest BCUT2D eigenvalue weighted by atomic mass is 10.1. The Hall–Kier alpha value is -4.75. The number of nitrogens with one attached hydrogen (secondary N) is 3. The molecule has 182 valence electrons. The second kappa shape index (κ2) is 10.7. The van der Waals surface area contributed by atoms with Gasteiger partial charge in [0.15, 0.2) is 5.82 Å². The van der Waals surface area contributed by atoms with E-state index in [4.69, 9.17) is 4.84 Å². The largest absolute Gasteiger partial charge is 0.338 e. The Morgan fingerprint density at radius 1 is 1.14 bits per heavy atom.